The van der Waals surface area contributed by atoms with Crippen molar-refractivity contribution in [1.29, 1.82) is 0 Å². The Balaban J connectivity index is 2.02. The van der Waals surface area contributed by atoms with Crippen LogP contribution in [-0.2, 0) is 6.54 Å². The highest BCUT2D eigenvalue weighted by Gasteiger charge is 1.98. The third kappa shape index (κ3) is 2.97. The van der Waals surface area contributed by atoms with Gasteiger partial charge in [-0.25, -0.2) is 0 Å². The zero-order valence-electron chi connectivity index (χ0n) is 10.1. The molecule has 0 spiro atoms. The molecule has 2 N–H and O–H groups in total. The number of nitrogens with one attached hydrogen (secondary N) is 1. The van der Waals surface area contributed by atoms with Gasteiger partial charge < -0.3 is 10.4 Å². The summed E-state index contributed by atoms with van der Waals surface area (Å²) in [5, 5.41) is 12.7. The van der Waals surface area contributed by atoms with Gasteiger partial charge in [-0.05, 0) is 49.2 Å². The molecule has 0 atom stereocenters. The van der Waals surface area contributed by atoms with Gasteiger partial charge in [0, 0.05) is 11.9 Å². The number of aromatic nitrogens is 1. The Morgan fingerprint density at radius 1 is 1.18 bits per heavy atom. The molecule has 88 valence electrons. The number of hydrogen-bond acceptors (Lipinski definition) is 3. The summed E-state index contributed by atoms with van der Waals surface area (Å²) in [7, 11) is 0. The maximum atomic E-state index is 9.42. The van der Waals surface area contributed by atoms with Crippen LogP contribution in [-0.4, -0.2) is 10.1 Å². The summed E-state index contributed by atoms with van der Waals surface area (Å²) in [5.74, 6) is 0.323. The molecule has 0 unspecified atom stereocenters. The summed E-state index contributed by atoms with van der Waals surface area (Å²) in [4.78, 5) is 4.32. The number of aromatic hydroxyl groups is 1. The molecular weight excluding hydrogens is 212 g/mol. The molecular formula is C14H16N2O. The zero-order chi connectivity index (χ0) is 12.3. The average molecular weight is 228 g/mol. The SMILES string of the molecule is Cc1ccc(CNc2ccc(O)c(C)c2)nc1. The van der Waals surface area contributed by atoms with E-state index >= 15 is 0 Å². The molecule has 2 aromatic rings. The van der Waals surface area contributed by atoms with Gasteiger partial charge in [0.25, 0.3) is 0 Å². The summed E-state index contributed by atoms with van der Waals surface area (Å²) < 4.78 is 0. The van der Waals surface area contributed by atoms with Gasteiger partial charge in [0.2, 0.25) is 0 Å². The quantitative estimate of drug-likeness (QED) is 0.794. The molecule has 3 heteroatoms. The van der Waals surface area contributed by atoms with E-state index in [9.17, 15) is 5.11 Å². The van der Waals surface area contributed by atoms with Crippen molar-refractivity contribution in [1.82, 2.24) is 4.98 Å². The second kappa shape index (κ2) is 4.87. The maximum Gasteiger partial charge on any atom is 0.118 e. The van der Waals surface area contributed by atoms with Crippen LogP contribution in [0.25, 0.3) is 0 Å². The van der Waals surface area contributed by atoms with Crippen LogP contribution < -0.4 is 5.32 Å². The van der Waals surface area contributed by atoms with E-state index < -0.39 is 0 Å². The van der Waals surface area contributed by atoms with E-state index in [1.807, 2.05) is 44.3 Å². The van der Waals surface area contributed by atoms with Crippen LogP contribution in [0, 0.1) is 13.8 Å². The molecule has 0 aliphatic rings. The minimum Gasteiger partial charge on any atom is -0.508 e. The van der Waals surface area contributed by atoms with Crippen molar-refractivity contribution in [3.05, 3.63) is 53.3 Å². The fraction of sp³-hybridized carbons (Fsp3) is 0.214. The molecule has 0 aliphatic carbocycles. The van der Waals surface area contributed by atoms with Crippen LogP contribution in [0.15, 0.2) is 36.5 Å². The average Bonchev–Trinajstić information content (AvgIpc) is 2.33. The standard InChI is InChI=1S/C14H16N2O/c1-10-3-4-13(15-8-10)9-16-12-5-6-14(17)11(2)7-12/h3-8,16-17H,9H2,1-2H3. The number of rotatable bonds is 3. The van der Waals surface area contributed by atoms with Crippen molar-refractivity contribution in [3.8, 4) is 5.75 Å². The van der Waals surface area contributed by atoms with Crippen LogP contribution in [0.2, 0.25) is 0 Å². The van der Waals surface area contributed by atoms with Gasteiger partial charge in [-0.3, -0.25) is 4.98 Å². The maximum absolute atomic E-state index is 9.42. The van der Waals surface area contributed by atoms with Crippen molar-refractivity contribution < 1.29 is 5.11 Å². The summed E-state index contributed by atoms with van der Waals surface area (Å²) in [6.45, 7) is 4.59. The number of aryl methyl sites for hydroxylation is 2. The Kier molecular flexibility index (Phi) is 3.28. The number of benzene rings is 1. The van der Waals surface area contributed by atoms with Gasteiger partial charge in [-0.1, -0.05) is 6.07 Å². The smallest absolute Gasteiger partial charge is 0.118 e. The van der Waals surface area contributed by atoms with E-state index in [0.29, 0.717) is 12.3 Å². The Bertz CT molecular complexity index is 506. The summed E-state index contributed by atoms with van der Waals surface area (Å²) >= 11 is 0. The molecule has 1 heterocycles. The number of pyridine rings is 1. The topological polar surface area (TPSA) is 45.1 Å². The van der Waals surface area contributed by atoms with Crippen molar-refractivity contribution in [2.45, 2.75) is 20.4 Å². The van der Waals surface area contributed by atoms with Gasteiger partial charge in [0.15, 0.2) is 0 Å². The van der Waals surface area contributed by atoms with E-state index in [2.05, 4.69) is 10.3 Å². The Hall–Kier alpha value is -2.03. The molecule has 0 saturated carbocycles. The minimum absolute atomic E-state index is 0.323. The third-order valence-electron chi connectivity index (χ3n) is 2.64. The molecule has 17 heavy (non-hydrogen) atoms. The first-order chi connectivity index (χ1) is 8.15. The Morgan fingerprint density at radius 3 is 2.65 bits per heavy atom. The molecule has 0 bridgehead atoms. The lowest BCUT2D eigenvalue weighted by Gasteiger charge is -2.07. The van der Waals surface area contributed by atoms with Gasteiger partial charge >= 0.3 is 0 Å². The lowest BCUT2D eigenvalue weighted by molar-refractivity contribution is 0.471. The normalized spacial score (nSPS) is 10.2. The molecule has 0 fully saturated rings. The number of anilines is 1. The van der Waals surface area contributed by atoms with Crippen molar-refractivity contribution >= 4 is 5.69 Å². The van der Waals surface area contributed by atoms with Crippen molar-refractivity contribution in [2.24, 2.45) is 0 Å². The fourth-order valence-corrected chi connectivity index (χ4v) is 1.56. The van der Waals surface area contributed by atoms with Gasteiger partial charge in [0.05, 0.1) is 12.2 Å². The molecule has 3 nitrogen and oxygen atoms in total. The lowest BCUT2D eigenvalue weighted by atomic mass is 10.2. The largest absolute Gasteiger partial charge is 0.508 e. The van der Waals surface area contributed by atoms with Crippen molar-refractivity contribution in [2.75, 3.05) is 5.32 Å². The second-order valence-electron chi connectivity index (χ2n) is 4.18. The number of nitrogens with zero attached hydrogens (tertiary/aromatic N) is 1. The molecule has 2 rings (SSSR count). The van der Waals surface area contributed by atoms with E-state index in [1.165, 1.54) is 0 Å². The highest BCUT2D eigenvalue weighted by molar-refractivity contribution is 5.50. The number of hydrogen-bond donors (Lipinski definition) is 2. The molecule has 0 aliphatic heterocycles. The number of phenolic OH excluding ortho intramolecular Hbond substituents is 1. The van der Waals surface area contributed by atoms with E-state index in [-0.39, 0.29) is 0 Å². The van der Waals surface area contributed by atoms with Gasteiger partial charge in [-0.2, -0.15) is 0 Å². The fourth-order valence-electron chi connectivity index (χ4n) is 1.56. The van der Waals surface area contributed by atoms with Crippen LogP contribution in [0.5, 0.6) is 5.75 Å². The van der Waals surface area contributed by atoms with Crippen LogP contribution in [0.3, 0.4) is 0 Å². The predicted molar refractivity (Wildman–Crippen MR) is 69.1 cm³/mol. The molecule has 0 radical (unpaired) electrons. The highest BCUT2D eigenvalue weighted by Crippen LogP contribution is 2.20. The Labute approximate surface area is 101 Å². The van der Waals surface area contributed by atoms with Crippen LogP contribution in [0.1, 0.15) is 16.8 Å². The minimum atomic E-state index is 0.323. The van der Waals surface area contributed by atoms with Gasteiger partial charge in [-0.15, -0.1) is 0 Å². The summed E-state index contributed by atoms with van der Waals surface area (Å²) in [6, 6.07) is 9.53. The third-order valence-corrected chi connectivity index (χ3v) is 2.64. The van der Waals surface area contributed by atoms with E-state index in [1.54, 1.807) is 6.07 Å². The summed E-state index contributed by atoms with van der Waals surface area (Å²) in [6.07, 6.45) is 1.86. The second-order valence-corrected chi connectivity index (χ2v) is 4.18. The van der Waals surface area contributed by atoms with Gasteiger partial charge in [0.1, 0.15) is 5.75 Å². The van der Waals surface area contributed by atoms with Crippen LogP contribution in [0.4, 0.5) is 5.69 Å². The molecule has 1 aromatic heterocycles. The molecule has 1 aromatic carbocycles. The summed E-state index contributed by atoms with van der Waals surface area (Å²) in [5.41, 5.74) is 4.02. The first kappa shape index (κ1) is 11.5. The first-order valence-corrected chi connectivity index (χ1v) is 5.60. The molecule has 0 amide bonds. The Morgan fingerprint density at radius 2 is 2.00 bits per heavy atom. The lowest BCUT2D eigenvalue weighted by Crippen LogP contribution is -2.01. The highest BCUT2D eigenvalue weighted by atomic mass is 16.3. The van der Waals surface area contributed by atoms with E-state index in [4.69, 9.17) is 0 Å². The number of phenols is 1. The van der Waals surface area contributed by atoms with E-state index in [0.717, 1.165) is 22.5 Å². The molecule has 0 saturated heterocycles. The van der Waals surface area contributed by atoms with Crippen molar-refractivity contribution in [3.63, 3.8) is 0 Å². The predicted octanol–water partition coefficient (Wildman–Crippen LogP) is 3.02. The van der Waals surface area contributed by atoms with Crippen LogP contribution >= 0.6 is 0 Å². The first-order valence-electron chi connectivity index (χ1n) is 5.60. The monoisotopic (exact) mass is 228 g/mol. The zero-order valence-corrected chi connectivity index (χ0v) is 10.1.